The fourth-order valence-corrected chi connectivity index (χ4v) is 2.42. The van der Waals surface area contributed by atoms with E-state index in [1.165, 1.54) is 0 Å². The standard InChI is InChI=1S/C14H17O4P/c15-12-6-4-11(5-7-12)9-18-14(16)19-10-13-3-1-2-8-17-13/h3-7,15,19H,1-2,8-10H2. The Morgan fingerprint density at radius 2 is 2.16 bits per heavy atom. The lowest BCUT2D eigenvalue weighted by Crippen LogP contribution is -2.04. The zero-order valence-electron chi connectivity index (χ0n) is 10.6. The molecule has 0 saturated heterocycles. The largest absolute Gasteiger partial charge is 0.508 e. The zero-order chi connectivity index (χ0) is 13.5. The van der Waals surface area contributed by atoms with Crippen molar-refractivity contribution in [2.24, 2.45) is 0 Å². The summed E-state index contributed by atoms with van der Waals surface area (Å²) >= 11 is 0. The predicted octanol–water partition coefficient (Wildman–Crippen LogP) is 3.40. The molecular formula is C14H17O4P. The van der Waals surface area contributed by atoms with E-state index in [0.29, 0.717) is 6.16 Å². The summed E-state index contributed by atoms with van der Waals surface area (Å²) in [5.74, 6) is 1.12. The fraction of sp³-hybridized carbons (Fsp3) is 0.357. The van der Waals surface area contributed by atoms with Crippen LogP contribution < -0.4 is 0 Å². The number of rotatable bonds is 5. The maximum absolute atomic E-state index is 11.6. The fourth-order valence-electron chi connectivity index (χ4n) is 1.68. The molecule has 0 spiro atoms. The smallest absolute Gasteiger partial charge is 0.323 e. The molecule has 1 aliphatic rings. The maximum atomic E-state index is 11.6. The second-order valence-electron chi connectivity index (χ2n) is 4.26. The van der Waals surface area contributed by atoms with Crippen LogP contribution in [0.3, 0.4) is 0 Å². The van der Waals surface area contributed by atoms with Crippen LogP contribution in [0.1, 0.15) is 18.4 Å². The summed E-state index contributed by atoms with van der Waals surface area (Å²) in [5.41, 5.74) is 0.659. The SMILES string of the molecule is O=C(OCc1ccc(O)cc1)PCC1=CCCCO1. The molecule has 5 heteroatoms. The number of benzene rings is 1. The first-order valence-electron chi connectivity index (χ1n) is 6.24. The number of carbonyl (C=O) groups is 1. The lowest BCUT2D eigenvalue weighted by Gasteiger charge is -2.14. The van der Waals surface area contributed by atoms with Gasteiger partial charge in [-0.25, -0.2) is 4.79 Å². The number of allylic oxidation sites excluding steroid dienone is 2. The number of hydrogen-bond donors (Lipinski definition) is 1. The normalized spacial score (nSPS) is 15.1. The van der Waals surface area contributed by atoms with Gasteiger partial charge in [0.05, 0.1) is 12.4 Å². The Morgan fingerprint density at radius 1 is 1.37 bits per heavy atom. The van der Waals surface area contributed by atoms with Gasteiger partial charge in [0.25, 0.3) is 0 Å². The molecule has 1 aromatic rings. The van der Waals surface area contributed by atoms with Gasteiger partial charge >= 0.3 is 5.71 Å². The summed E-state index contributed by atoms with van der Waals surface area (Å²) in [6, 6.07) is 6.62. The van der Waals surface area contributed by atoms with Crippen molar-refractivity contribution in [3.05, 3.63) is 41.7 Å². The van der Waals surface area contributed by atoms with Crippen molar-refractivity contribution in [1.82, 2.24) is 0 Å². The van der Waals surface area contributed by atoms with Crippen LogP contribution in [0.4, 0.5) is 4.79 Å². The molecule has 1 unspecified atom stereocenters. The van der Waals surface area contributed by atoms with Crippen molar-refractivity contribution in [2.45, 2.75) is 19.4 Å². The molecule has 0 aliphatic carbocycles. The molecule has 0 bridgehead atoms. The highest BCUT2D eigenvalue weighted by atomic mass is 31.1. The third kappa shape index (κ3) is 4.92. The van der Waals surface area contributed by atoms with Crippen molar-refractivity contribution < 1.29 is 19.4 Å². The maximum Gasteiger partial charge on any atom is 0.323 e. The molecule has 1 aromatic carbocycles. The third-order valence-corrected chi connectivity index (χ3v) is 3.68. The van der Waals surface area contributed by atoms with Gasteiger partial charge in [0.15, 0.2) is 0 Å². The molecule has 0 fully saturated rings. The predicted molar refractivity (Wildman–Crippen MR) is 74.7 cm³/mol. The van der Waals surface area contributed by atoms with Gasteiger partial charge in [-0.05, 0) is 36.6 Å². The van der Waals surface area contributed by atoms with Crippen molar-refractivity contribution in [3.63, 3.8) is 0 Å². The van der Waals surface area contributed by atoms with Gasteiger partial charge in [-0.3, -0.25) is 0 Å². The average Bonchev–Trinajstić information content (AvgIpc) is 2.45. The van der Waals surface area contributed by atoms with Gasteiger partial charge in [0.1, 0.15) is 12.4 Å². The molecule has 2 rings (SSSR count). The molecule has 102 valence electrons. The van der Waals surface area contributed by atoms with Crippen LogP contribution in [0, 0.1) is 0 Å². The Bertz CT molecular complexity index is 453. The molecule has 0 aromatic heterocycles. The number of carbonyl (C=O) groups excluding carboxylic acids is 1. The number of hydrogen-bond acceptors (Lipinski definition) is 4. The van der Waals surface area contributed by atoms with E-state index in [4.69, 9.17) is 14.6 Å². The van der Waals surface area contributed by atoms with Crippen LogP contribution in [0.25, 0.3) is 0 Å². The van der Waals surface area contributed by atoms with E-state index < -0.39 is 0 Å². The van der Waals surface area contributed by atoms with Crippen LogP contribution in [0.15, 0.2) is 36.1 Å². The van der Waals surface area contributed by atoms with E-state index in [1.807, 2.05) is 6.08 Å². The topological polar surface area (TPSA) is 55.8 Å². The summed E-state index contributed by atoms with van der Waals surface area (Å²) < 4.78 is 10.6. The molecule has 1 aliphatic heterocycles. The van der Waals surface area contributed by atoms with Crippen LogP contribution in [0.5, 0.6) is 5.75 Å². The molecule has 0 amide bonds. The van der Waals surface area contributed by atoms with E-state index in [0.717, 1.165) is 30.8 Å². The van der Waals surface area contributed by atoms with Crippen molar-refractivity contribution in [2.75, 3.05) is 12.8 Å². The monoisotopic (exact) mass is 280 g/mol. The van der Waals surface area contributed by atoms with Crippen molar-refractivity contribution in [3.8, 4) is 5.75 Å². The third-order valence-electron chi connectivity index (χ3n) is 2.72. The highest BCUT2D eigenvalue weighted by Gasteiger charge is 2.09. The summed E-state index contributed by atoms with van der Waals surface area (Å²) in [4.78, 5) is 11.6. The first-order chi connectivity index (χ1) is 9.24. The Labute approximate surface area is 114 Å². The summed E-state index contributed by atoms with van der Waals surface area (Å²) in [5, 5.41) is 9.14. The molecule has 19 heavy (non-hydrogen) atoms. The summed E-state index contributed by atoms with van der Waals surface area (Å²) in [6.07, 6.45) is 4.76. The summed E-state index contributed by atoms with van der Waals surface area (Å²) in [7, 11) is 0.0824. The Hall–Kier alpha value is -1.54. The van der Waals surface area contributed by atoms with Crippen LogP contribution >= 0.6 is 8.58 Å². The second-order valence-corrected chi connectivity index (χ2v) is 5.37. The van der Waals surface area contributed by atoms with E-state index >= 15 is 0 Å². The van der Waals surface area contributed by atoms with Crippen molar-refractivity contribution >= 4 is 14.3 Å². The quantitative estimate of drug-likeness (QED) is 0.840. The number of phenols is 1. The van der Waals surface area contributed by atoms with Crippen LogP contribution in [-0.2, 0) is 16.1 Å². The number of phenolic OH excluding ortho intramolecular Hbond substituents is 1. The highest BCUT2D eigenvalue weighted by molar-refractivity contribution is 7.57. The first kappa shape index (κ1) is 13.9. The summed E-state index contributed by atoms with van der Waals surface area (Å²) in [6.45, 7) is 0.991. The molecule has 1 atom stereocenters. The van der Waals surface area contributed by atoms with E-state index in [2.05, 4.69) is 0 Å². The lowest BCUT2D eigenvalue weighted by molar-refractivity contribution is 0.167. The highest BCUT2D eigenvalue weighted by Crippen LogP contribution is 2.22. The van der Waals surface area contributed by atoms with Gasteiger partial charge in [-0.2, -0.15) is 0 Å². The second kappa shape index (κ2) is 7.15. The Morgan fingerprint density at radius 3 is 2.84 bits per heavy atom. The van der Waals surface area contributed by atoms with Gasteiger partial charge in [-0.15, -0.1) is 0 Å². The Kier molecular flexibility index (Phi) is 5.22. The molecule has 1 heterocycles. The van der Waals surface area contributed by atoms with Gasteiger partial charge in [0, 0.05) is 14.7 Å². The molecule has 4 nitrogen and oxygen atoms in total. The Balaban J connectivity index is 1.69. The molecule has 1 N–H and O–H groups in total. The molecular weight excluding hydrogens is 263 g/mol. The minimum Gasteiger partial charge on any atom is -0.508 e. The van der Waals surface area contributed by atoms with Gasteiger partial charge in [-0.1, -0.05) is 12.1 Å². The van der Waals surface area contributed by atoms with Crippen LogP contribution in [-0.4, -0.2) is 23.6 Å². The average molecular weight is 280 g/mol. The molecule has 0 saturated carbocycles. The number of aromatic hydroxyl groups is 1. The van der Waals surface area contributed by atoms with E-state index in [9.17, 15) is 4.79 Å². The first-order valence-corrected chi connectivity index (χ1v) is 7.45. The van der Waals surface area contributed by atoms with E-state index in [1.54, 1.807) is 24.3 Å². The minimum absolute atomic E-state index is 0.0824. The van der Waals surface area contributed by atoms with E-state index in [-0.39, 0.29) is 26.6 Å². The van der Waals surface area contributed by atoms with Gasteiger partial charge in [0.2, 0.25) is 0 Å². The molecule has 0 radical (unpaired) electrons. The lowest BCUT2D eigenvalue weighted by atomic mass is 10.2. The van der Waals surface area contributed by atoms with Crippen LogP contribution in [0.2, 0.25) is 0 Å². The van der Waals surface area contributed by atoms with Crippen molar-refractivity contribution in [1.29, 1.82) is 0 Å². The minimum atomic E-state index is -0.205. The number of ether oxygens (including phenoxy) is 2. The zero-order valence-corrected chi connectivity index (χ0v) is 11.6. The van der Waals surface area contributed by atoms with Gasteiger partial charge < -0.3 is 14.6 Å².